The predicted octanol–water partition coefficient (Wildman–Crippen LogP) is 2.14. The zero-order valence-electron chi connectivity index (χ0n) is 11.2. The van der Waals surface area contributed by atoms with Crippen molar-refractivity contribution in [3.8, 4) is 0 Å². The van der Waals surface area contributed by atoms with Crippen molar-refractivity contribution in [2.75, 3.05) is 19.6 Å². The van der Waals surface area contributed by atoms with Crippen LogP contribution in [0.3, 0.4) is 0 Å². The van der Waals surface area contributed by atoms with Crippen molar-refractivity contribution in [1.29, 1.82) is 0 Å². The first-order chi connectivity index (χ1) is 8.01. The van der Waals surface area contributed by atoms with Crippen molar-refractivity contribution in [1.82, 2.24) is 9.47 Å². The Balaban J connectivity index is 2.86. The molecule has 0 bridgehead atoms. The Morgan fingerprint density at radius 1 is 1.35 bits per heavy atom. The van der Waals surface area contributed by atoms with E-state index in [9.17, 15) is 9.90 Å². The monoisotopic (exact) mass is 238 g/mol. The lowest BCUT2D eigenvalue weighted by molar-refractivity contribution is 0.0683. The van der Waals surface area contributed by atoms with Gasteiger partial charge >= 0.3 is 5.97 Å². The van der Waals surface area contributed by atoms with Crippen molar-refractivity contribution < 1.29 is 9.90 Å². The zero-order chi connectivity index (χ0) is 13.0. The number of hydrogen-bond acceptors (Lipinski definition) is 2. The molecule has 1 aromatic heterocycles. The Morgan fingerprint density at radius 3 is 2.41 bits per heavy atom. The van der Waals surface area contributed by atoms with Crippen LogP contribution in [-0.4, -0.2) is 40.2 Å². The number of rotatable bonds is 6. The lowest BCUT2D eigenvalue weighted by Gasteiger charge is -2.19. The highest BCUT2D eigenvalue weighted by molar-refractivity contribution is 5.87. The van der Waals surface area contributed by atoms with Crippen LogP contribution in [0.4, 0.5) is 0 Å². The summed E-state index contributed by atoms with van der Waals surface area (Å²) in [5, 5.41) is 9.21. The molecule has 1 N–H and O–H groups in total. The highest BCUT2D eigenvalue weighted by atomic mass is 16.4. The molecule has 1 rings (SSSR count). The summed E-state index contributed by atoms with van der Waals surface area (Å²) >= 11 is 0. The molecule has 0 saturated heterocycles. The zero-order valence-corrected chi connectivity index (χ0v) is 11.2. The topological polar surface area (TPSA) is 45.5 Å². The van der Waals surface area contributed by atoms with Crippen LogP contribution in [0.15, 0.2) is 6.07 Å². The van der Waals surface area contributed by atoms with E-state index in [4.69, 9.17) is 0 Å². The van der Waals surface area contributed by atoms with Gasteiger partial charge in [0.2, 0.25) is 0 Å². The van der Waals surface area contributed by atoms with E-state index in [0.717, 1.165) is 37.4 Å². The molecule has 17 heavy (non-hydrogen) atoms. The molecule has 0 unspecified atom stereocenters. The Hall–Kier alpha value is -1.29. The van der Waals surface area contributed by atoms with Gasteiger partial charge in [0.25, 0.3) is 0 Å². The van der Waals surface area contributed by atoms with Gasteiger partial charge in [0.05, 0.1) is 0 Å². The lowest BCUT2D eigenvalue weighted by atomic mass is 10.2. The number of aryl methyl sites for hydroxylation is 2. The largest absolute Gasteiger partial charge is 0.477 e. The minimum absolute atomic E-state index is 0.426. The highest BCUT2D eigenvalue weighted by Crippen LogP contribution is 2.15. The van der Waals surface area contributed by atoms with E-state index < -0.39 is 5.97 Å². The molecular formula is C13H22N2O2. The van der Waals surface area contributed by atoms with E-state index in [0.29, 0.717) is 5.69 Å². The van der Waals surface area contributed by atoms with Gasteiger partial charge in [0.1, 0.15) is 5.69 Å². The Labute approximate surface area is 103 Å². The molecule has 0 fully saturated rings. The summed E-state index contributed by atoms with van der Waals surface area (Å²) in [6.45, 7) is 11.7. The Morgan fingerprint density at radius 2 is 1.94 bits per heavy atom. The van der Waals surface area contributed by atoms with Crippen LogP contribution in [0, 0.1) is 13.8 Å². The summed E-state index contributed by atoms with van der Waals surface area (Å²) in [6, 6.07) is 1.94. The quantitative estimate of drug-likeness (QED) is 0.826. The van der Waals surface area contributed by atoms with Gasteiger partial charge in [-0.1, -0.05) is 13.8 Å². The molecule has 0 atom stereocenters. The standard InChI is InChI=1S/C13H22N2O2/c1-5-14(6-2)7-8-15-11(4)9-10(3)12(15)13(16)17/h9H,5-8H2,1-4H3,(H,16,17). The highest BCUT2D eigenvalue weighted by Gasteiger charge is 2.16. The third-order valence-corrected chi connectivity index (χ3v) is 3.23. The first-order valence-corrected chi connectivity index (χ1v) is 6.13. The number of hydrogen-bond donors (Lipinski definition) is 1. The summed E-state index contributed by atoms with van der Waals surface area (Å²) in [5.41, 5.74) is 2.29. The molecule has 96 valence electrons. The summed E-state index contributed by atoms with van der Waals surface area (Å²) in [5.74, 6) is -0.838. The third-order valence-electron chi connectivity index (χ3n) is 3.23. The number of carboxylic acid groups (broad SMARTS) is 1. The van der Waals surface area contributed by atoms with E-state index in [1.54, 1.807) is 0 Å². The molecule has 0 spiro atoms. The minimum Gasteiger partial charge on any atom is -0.477 e. The molecule has 4 nitrogen and oxygen atoms in total. The van der Waals surface area contributed by atoms with Crippen LogP contribution in [0.25, 0.3) is 0 Å². The number of aromatic carboxylic acids is 1. The van der Waals surface area contributed by atoms with E-state index in [-0.39, 0.29) is 0 Å². The summed E-state index contributed by atoms with van der Waals surface area (Å²) in [6.07, 6.45) is 0. The van der Waals surface area contributed by atoms with E-state index in [1.165, 1.54) is 0 Å². The van der Waals surface area contributed by atoms with Crippen molar-refractivity contribution in [3.63, 3.8) is 0 Å². The molecule has 1 heterocycles. The van der Waals surface area contributed by atoms with Gasteiger partial charge in [-0.05, 0) is 38.6 Å². The van der Waals surface area contributed by atoms with Crippen LogP contribution in [0.5, 0.6) is 0 Å². The number of carbonyl (C=O) groups is 1. The maximum atomic E-state index is 11.2. The van der Waals surface area contributed by atoms with E-state index >= 15 is 0 Å². The predicted molar refractivity (Wildman–Crippen MR) is 68.7 cm³/mol. The molecule has 4 heteroatoms. The second kappa shape index (κ2) is 5.87. The SMILES string of the molecule is CCN(CC)CCn1c(C)cc(C)c1C(=O)O. The third kappa shape index (κ3) is 3.09. The molecule has 0 aliphatic carbocycles. The van der Waals surface area contributed by atoms with Crippen molar-refractivity contribution in [2.45, 2.75) is 34.2 Å². The summed E-state index contributed by atoms with van der Waals surface area (Å²) in [4.78, 5) is 13.5. The van der Waals surface area contributed by atoms with Crippen LogP contribution in [0.1, 0.15) is 35.6 Å². The number of nitrogens with zero attached hydrogens (tertiary/aromatic N) is 2. The summed E-state index contributed by atoms with van der Waals surface area (Å²) in [7, 11) is 0. The van der Waals surface area contributed by atoms with Gasteiger partial charge in [-0.15, -0.1) is 0 Å². The molecular weight excluding hydrogens is 216 g/mol. The molecule has 0 saturated carbocycles. The average Bonchev–Trinajstić information content (AvgIpc) is 2.55. The van der Waals surface area contributed by atoms with Crippen LogP contribution < -0.4 is 0 Å². The Bertz CT molecular complexity index is 392. The smallest absolute Gasteiger partial charge is 0.352 e. The maximum Gasteiger partial charge on any atom is 0.352 e. The van der Waals surface area contributed by atoms with Gasteiger partial charge in [-0.25, -0.2) is 4.79 Å². The van der Waals surface area contributed by atoms with E-state index in [1.807, 2.05) is 24.5 Å². The van der Waals surface area contributed by atoms with Crippen LogP contribution in [0.2, 0.25) is 0 Å². The number of aromatic nitrogens is 1. The fraction of sp³-hybridized carbons (Fsp3) is 0.615. The van der Waals surface area contributed by atoms with Gasteiger partial charge in [-0.3, -0.25) is 0 Å². The molecule has 0 radical (unpaired) electrons. The summed E-state index contributed by atoms with van der Waals surface area (Å²) < 4.78 is 1.90. The van der Waals surface area contributed by atoms with Crippen LogP contribution >= 0.6 is 0 Å². The average molecular weight is 238 g/mol. The first kappa shape index (κ1) is 13.8. The van der Waals surface area contributed by atoms with E-state index in [2.05, 4.69) is 18.7 Å². The maximum absolute atomic E-state index is 11.2. The van der Waals surface area contributed by atoms with Crippen LogP contribution in [-0.2, 0) is 6.54 Å². The van der Waals surface area contributed by atoms with Gasteiger partial charge in [-0.2, -0.15) is 0 Å². The van der Waals surface area contributed by atoms with Gasteiger partial charge < -0.3 is 14.6 Å². The molecule has 0 amide bonds. The second-order valence-electron chi connectivity index (χ2n) is 4.30. The number of likely N-dealkylation sites (N-methyl/N-ethyl adjacent to an activating group) is 1. The molecule has 0 aliphatic rings. The Kier molecular flexibility index (Phi) is 4.75. The fourth-order valence-electron chi connectivity index (χ4n) is 2.20. The second-order valence-corrected chi connectivity index (χ2v) is 4.30. The number of carboxylic acids is 1. The first-order valence-electron chi connectivity index (χ1n) is 6.13. The molecule has 0 aliphatic heterocycles. The fourth-order valence-corrected chi connectivity index (χ4v) is 2.20. The molecule has 1 aromatic rings. The normalized spacial score (nSPS) is 11.1. The minimum atomic E-state index is -0.838. The van der Waals surface area contributed by atoms with Crippen molar-refractivity contribution >= 4 is 5.97 Å². The molecule has 0 aromatic carbocycles. The van der Waals surface area contributed by atoms with Gasteiger partial charge in [0.15, 0.2) is 0 Å². The lowest BCUT2D eigenvalue weighted by Crippen LogP contribution is -2.28. The van der Waals surface area contributed by atoms with Crippen molar-refractivity contribution in [2.24, 2.45) is 0 Å². The van der Waals surface area contributed by atoms with Crippen molar-refractivity contribution in [3.05, 3.63) is 23.0 Å². The van der Waals surface area contributed by atoms with Gasteiger partial charge in [0, 0.05) is 18.8 Å².